The Labute approximate surface area is 168 Å². The molecule has 6 heteroatoms. The third-order valence-corrected chi connectivity index (χ3v) is 5.77. The second kappa shape index (κ2) is 6.73. The number of ketones is 1. The quantitative estimate of drug-likeness (QED) is 0.635. The number of nitrogens with zero attached hydrogens (tertiary/aromatic N) is 1. The van der Waals surface area contributed by atoms with E-state index in [9.17, 15) is 15.2 Å². The van der Waals surface area contributed by atoms with Crippen molar-refractivity contribution in [2.75, 3.05) is 13.2 Å². The number of aromatic nitrogens is 1. The van der Waals surface area contributed by atoms with E-state index >= 15 is 0 Å². The minimum Gasteiger partial charge on any atom is -0.491 e. The molecule has 148 valence electrons. The summed E-state index contributed by atoms with van der Waals surface area (Å²) in [6, 6.07) is 11.1. The molecule has 29 heavy (non-hydrogen) atoms. The fourth-order valence-electron chi connectivity index (χ4n) is 4.07. The van der Waals surface area contributed by atoms with E-state index in [1.807, 2.05) is 32.9 Å². The van der Waals surface area contributed by atoms with E-state index < -0.39 is 11.5 Å². The summed E-state index contributed by atoms with van der Waals surface area (Å²) in [4.78, 5) is 16.8. The maximum Gasteiger partial charge on any atom is 0.195 e. The van der Waals surface area contributed by atoms with Gasteiger partial charge in [-0.2, -0.15) is 5.26 Å². The number of rotatable bonds is 4. The summed E-state index contributed by atoms with van der Waals surface area (Å²) in [5.74, 6) is 0.464. The summed E-state index contributed by atoms with van der Waals surface area (Å²) >= 11 is 0. The van der Waals surface area contributed by atoms with E-state index in [1.165, 1.54) is 0 Å². The summed E-state index contributed by atoms with van der Waals surface area (Å²) in [5.41, 5.74) is 4.63. The largest absolute Gasteiger partial charge is 0.491 e. The number of H-pyrrole nitrogens is 1. The summed E-state index contributed by atoms with van der Waals surface area (Å²) < 4.78 is 5.58. The van der Waals surface area contributed by atoms with Gasteiger partial charge in [-0.3, -0.25) is 4.79 Å². The third kappa shape index (κ3) is 2.82. The average Bonchev–Trinajstić information content (AvgIpc) is 3.12. The predicted molar refractivity (Wildman–Crippen MR) is 108 cm³/mol. The first-order valence-corrected chi connectivity index (χ1v) is 9.46. The van der Waals surface area contributed by atoms with Crippen LogP contribution in [-0.2, 0) is 5.41 Å². The van der Waals surface area contributed by atoms with Gasteiger partial charge in [0.1, 0.15) is 18.5 Å². The standard InChI is InChI=1S/C23H22N2O4/c1-12-13(9-24)4-6-17-19-21(28)16-7-5-15(29-11-14(27)10-26)8-18(16)23(2,3)22(19)25-20(12)17/h4-8,14,25-27H,10-11H2,1-3H3. The fraction of sp³-hybridized carbons (Fsp3) is 0.304. The van der Waals surface area contributed by atoms with Crippen molar-refractivity contribution in [2.45, 2.75) is 32.3 Å². The van der Waals surface area contributed by atoms with Gasteiger partial charge >= 0.3 is 0 Å². The molecule has 0 bridgehead atoms. The van der Waals surface area contributed by atoms with Gasteiger partial charge < -0.3 is 19.9 Å². The van der Waals surface area contributed by atoms with Crippen LogP contribution in [0.2, 0.25) is 0 Å². The predicted octanol–water partition coefficient (Wildman–Crippen LogP) is 2.95. The first-order chi connectivity index (χ1) is 13.8. The van der Waals surface area contributed by atoms with Gasteiger partial charge in [-0.15, -0.1) is 0 Å². The number of aromatic amines is 1. The minimum atomic E-state index is -0.960. The molecule has 4 rings (SSSR count). The van der Waals surface area contributed by atoms with E-state index in [0.717, 1.165) is 27.7 Å². The Kier molecular flexibility index (Phi) is 4.45. The smallest absolute Gasteiger partial charge is 0.195 e. The third-order valence-electron chi connectivity index (χ3n) is 5.77. The van der Waals surface area contributed by atoms with Gasteiger partial charge in [0.2, 0.25) is 0 Å². The number of aliphatic hydroxyl groups is 2. The van der Waals surface area contributed by atoms with Crippen LogP contribution in [0.15, 0.2) is 30.3 Å². The molecule has 0 spiro atoms. The molecule has 1 heterocycles. The second-order valence-electron chi connectivity index (χ2n) is 7.96. The highest BCUT2D eigenvalue weighted by molar-refractivity contribution is 6.20. The highest BCUT2D eigenvalue weighted by Crippen LogP contribution is 2.45. The molecule has 3 N–H and O–H groups in total. The molecule has 0 aliphatic heterocycles. The lowest BCUT2D eigenvalue weighted by Crippen LogP contribution is -2.30. The van der Waals surface area contributed by atoms with Crippen LogP contribution in [0.5, 0.6) is 5.75 Å². The molecule has 1 unspecified atom stereocenters. The number of hydrogen-bond donors (Lipinski definition) is 3. The van der Waals surface area contributed by atoms with E-state index in [2.05, 4.69) is 11.1 Å². The molecule has 0 amide bonds. The first-order valence-electron chi connectivity index (χ1n) is 9.46. The van der Waals surface area contributed by atoms with Gasteiger partial charge in [-0.1, -0.05) is 19.9 Å². The van der Waals surface area contributed by atoms with Crippen LogP contribution in [0.3, 0.4) is 0 Å². The maximum absolute atomic E-state index is 13.4. The molecule has 3 aromatic rings. The summed E-state index contributed by atoms with van der Waals surface area (Å²) in [7, 11) is 0. The van der Waals surface area contributed by atoms with Gasteiger partial charge in [-0.25, -0.2) is 0 Å². The van der Waals surface area contributed by atoms with Crippen molar-refractivity contribution < 1.29 is 19.7 Å². The minimum absolute atomic E-state index is 0.0303. The molecule has 1 aromatic heterocycles. The molecule has 0 saturated carbocycles. The van der Waals surface area contributed by atoms with Crippen molar-refractivity contribution in [3.8, 4) is 11.8 Å². The maximum atomic E-state index is 13.4. The van der Waals surface area contributed by atoms with E-state index in [-0.39, 0.29) is 19.0 Å². The van der Waals surface area contributed by atoms with Gasteiger partial charge in [0, 0.05) is 22.1 Å². The number of aliphatic hydroxyl groups excluding tert-OH is 2. The molecule has 0 fully saturated rings. The number of aryl methyl sites for hydroxylation is 1. The molecule has 1 aliphatic carbocycles. The van der Waals surface area contributed by atoms with E-state index in [4.69, 9.17) is 9.84 Å². The number of carbonyl (C=O) groups is 1. The number of nitrogens with one attached hydrogen (secondary N) is 1. The highest BCUT2D eigenvalue weighted by Gasteiger charge is 2.40. The Bertz CT molecular complexity index is 1180. The molecule has 2 aromatic carbocycles. The summed E-state index contributed by atoms with van der Waals surface area (Å²) in [6.45, 7) is 5.55. The molecule has 6 nitrogen and oxygen atoms in total. The number of hydrogen-bond acceptors (Lipinski definition) is 5. The Morgan fingerprint density at radius 3 is 2.72 bits per heavy atom. The van der Waals surface area contributed by atoms with E-state index in [1.54, 1.807) is 18.2 Å². The van der Waals surface area contributed by atoms with Crippen molar-refractivity contribution >= 4 is 16.7 Å². The number of fused-ring (bicyclic) bond motifs is 4. The molecule has 0 radical (unpaired) electrons. The normalized spacial score (nSPS) is 15.5. The number of carbonyl (C=O) groups excluding carboxylic acids is 1. The molecule has 1 atom stereocenters. The molecular formula is C23H22N2O4. The SMILES string of the molecule is Cc1c(C#N)ccc2c3c([nH]c12)C(C)(C)c1cc(OCC(O)CO)ccc1C3=O. The first kappa shape index (κ1) is 19.2. The fourth-order valence-corrected chi connectivity index (χ4v) is 4.07. The Hall–Kier alpha value is -3.14. The van der Waals surface area contributed by atoms with Gasteiger partial charge in [0.05, 0.1) is 29.3 Å². The van der Waals surface area contributed by atoms with Crippen molar-refractivity contribution in [1.82, 2.24) is 4.98 Å². The van der Waals surface area contributed by atoms with Gasteiger partial charge in [0.25, 0.3) is 0 Å². The number of nitriles is 1. The lowest BCUT2D eigenvalue weighted by molar-refractivity contribution is 0.0535. The Balaban J connectivity index is 1.87. The lowest BCUT2D eigenvalue weighted by Gasteiger charge is -2.32. The van der Waals surface area contributed by atoms with Crippen LogP contribution in [0.4, 0.5) is 0 Å². The monoisotopic (exact) mass is 390 g/mol. The van der Waals surface area contributed by atoms with Crippen LogP contribution in [0.1, 0.15) is 52.2 Å². The van der Waals surface area contributed by atoms with Gasteiger partial charge in [-0.05, 0) is 42.3 Å². The molecular weight excluding hydrogens is 368 g/mol. The summed E-state index contributed by atoms with van der Waals surface area (Å²) in [6.07, 6.45) is -0.960. The van der Waals surface area contributed by atoms with E-state index in [0.29, 0.717) is 22.4 Å². The van der Waals surface area contributed by atoms with Crippen molar-refractivity contribution in [3.05, 3.63) is 63.8 Å². The van der Waals surface area contributed by atoms with Crippen LogP contribution in [0, 0.1) is 18.3 Å². The van der Waals surface area contributed by atoms with Crippen LogP contribution >= 0.6 is 0 Å². The van der Waals surface area contributed by atoms with Crippen LogP contribution < -0.4 is 4.74 Å². The summed E-state index contributed by atoms with van der Waals surface area (Å²) in [5, 5.41) is 28.6. The molecule has 1 aliphatic rings. The van der Waals surface area contributed by atoms with Crippen molar-refractivity contribution in [3.63, 3.8) is 0 Å². The molecule has 0 saturated heterocycles. The van der Waals surface area contributed by atoms with Crippen molar-refractivity contribution in [2.24, 2.45) is 0 Å². The highest BCUT2D eigenvalue weighted by atomic mass is 16.5. The van der Waals surface area contributed by atoms with Gasteiger partial charge in [0.15, 0.2) is 5.78 Å². The topological polar surface area (TPSA) is 106 Å². The number of benzene rings is 2. The zero-order valence-corrected chi connectivity index (χ0v) is 16.5. The van der Waals surface area contributed by atoms with Crippen LogP contribution in [0.25, 0.3) is 10.9 Å². The van der Waals surface area contributed by atoms with Crippen LogP contribution in [-0.4, -0.2) is 40.3 Å². The lowest BCUT2D eigenvalue weighted by atomic mass is 9.71. The Morgan fingerprint density at radius 1 is 1.28 bits per heavy atom. The zero-order valence-electron chi connectivity index (χ0n) is 16.5. The Morgan fingerprint density at radius 2 is 2.03 bits per heavy atom. The number of ether oxygens (including phenoxy) is 1. The zero-order chi connectivity index (χ0) is 20.9. The second-order valence-corrected chi connectivity index (χ2v) is 7.96. The average molecular weight is 390 g/mol. The van der Waals surface area contributed by atoms with Crippen molar-refractivity contribution in [1.29, 1.82) is 5.26 Å².